The third-order valence-corrected chi connectivity index (χ3v) is 3.01. The number of pyridine rings is 1. The van der Waals surface area contributed by atoms with Crippen molar-refractivity contribution in [3.63, 3.8) is 0 Å². The van der Waals surface area contributed by atoms with Gasteiger partial charge in [-0.3, -0.25) is 4.79 Å². The molecule has 0 aliphatic rings. The maximum Gasteiger partial charge on any atom is 0.253 e. The summed E-state index contributed by atoms with van der Waals surface area (Å²) in [5.74, 6) is 0. The van der Waals surface area contributed by atoms with Gasteiger partial charge in [0.2, 0.25) is 0 Å². The highest BCUT2D eigenvalue weighted by Gasteiger charge is 1.97. The number of hydrogen-bond donors (Lipinski definition) is 0. The summed E-state index contributed by atoms with van der Waals surface area (Å²) in [5, 5.41) is 0. The average molecular weight is 305 g/mol. The van der Waals surface area contributed by atoms with Crippen LogP contribution in [-0.2, 0) is 6.54 Å². The summed E-state index contributed by atoms with van der Waals surface area (Å²) in [7, 11) is 0. The molecule has 0 radical (unpaired) electrons. The fourth-order valence-corrected chi connectivity index (χ4v) is 1.93. The second kappa shape index (κ2) is 6.22. The van der Waals surface area contributed by atoms with Crippen molar-refractivity contribution in [1.82, 2.24) is 4.57 Å². The van der Waals surface area contributed by atoms with Crippen LogP contribution < -0.4 is 5.56 Å². The van der Waals surface area contributed by atoms with Crippen LogP contribution in [-0.4, -0.2) is 8.99 Å². The quantitative estimate of drug-likeness (QED) is 0.466. The molecule has 0 saturated carbocycles. The first-order valence-corrected chi connectivity index (χ1v) is 6.50. The summed E-state index contributed by atoms with van der Waals surface area (Å²) in [4.78, 5) is 11.6. The number of hydrogen-bond acceptors (Lipinski definition) is 1. The molecule has 0 aliphatic carbocycles. The van der Waals surface area contributed by atoms with Crippen molar-refractivity contribution in [2.75, 3.05) is 4.43 Å². The van der Waals surface area contributed by atoms with Gasteiger partial charge in [-0.15, -0.1) is 0 Å². The van der Waals surface area contributed by atoms with Crippen molar-refractivity contribution in [3.05, 3.63) is 34.2 Å². The minimum Gasteiger partial charge on any atom is -0.315 e. The highest BCUT2D eigenvalue weighted by atomic mass is 127. The third-order valence-electron chi connectivity index (χ3n) is 2.24. The molecule has 2 nitrogen and oxygen atoms in total. The van der Waals surface area contributed by atoms with Crippen LogP contribution in [0.5, 0.6) is 0 Å². The summed E-state index contributed by atoms with van der Waals surface area (Å²) in [5.41, 5.74) is 0.989. The van der Waals surface area contributed by atoms with E-state index in [2.05, 4.69) is 22.6 Å². The molecule has 1 aromatic heterocycles. The van der Waals surface area contributed by atoms with Crippen molar-refractivity contribution in [1.29, 1.82) is 0 Å². The first kappa shape index (κ1) is 11.8. The highest BCUT2D eigenvalue weighted by molar-refractivity contribution is 14.1. The molecule has 0 spiro atoms. The third kappa shape index (κ3) is 3.44. The van der Waals surface area contributed by atoms with Crippen LogP contribution >= 0.6 is 22.6 Å². The zero-order valence-electron chi connectivity index (χ0n) is 8.50. The number of nitrogens with zero attached hydrogens (tertiary/aromatic N) is 1. The molecule has 1 aromatic rings. The zero-order chi connectivity index (χ0) is 10.4. The highest BCUT2D eigenvalue weighted by Crippen LogP contribution is 2.00. The molecule has 1 rings (SSSR count). The SMILES string of the molecule is Cc1cccn(CCCCCI)c1=O. The Morgan fingerprint density at radius 1 is 1.36 bits per heavy atom. The molecule has 0 aliphatic heterocycles. The van der Waals surface area contributed by atoms with Crippen LogP contribution in [0.15, 0.2) is 23.1 Å². The van der Waals surface area contributed by atoms with Gasteiger partial charge in [-0.25, -0.2) is 0 Å². The largest absolute Gasteiger partial charge is 0.315 e. The van der Waals surface area contributed by atoms with Crippen LogP contribution in [0.1, 0.15) is 24.8 Å². The van der Waals surface area contributed by atoms with E-state index in [1.165, 1.54) is 17.3 Å². The molecule has 0 aromatic carbocycles. The Morgan fingerprint density at radius 2 is 2.14 bits per heavy atom. The summed E-state index contributed by atoms with van der Waals surface area (Å²) >= 11 is 2.39. The van der Waals surface area contributed by atoms with Crippen molar-refractivity contribution < 1.29 is 0 Å². The van der Waals surface area contributed by atoms with Crippen molar-refractivity contribution >= 4 is 22.6 Å². The first-order chi connectivity index (χ1) is 6.75. The van der Waals surface area contributed by atoms with E-state index < -0.39 is 0 Å². The molecular weight excluding hydrogens is 289 g/mol. The van der Waals surface area contributed by atoms with Gasteiger partial charge in [-0.2, -0.15) is 0 Å². The lowest BCUT2D eigenvalue weighted by Crippen LogP contribution is -2.21. The number of rotatable bonds is 5. The molecule has 0 unspecified atom stereocenters. The van der Waals surface area contributed by atoms with Crippen molar-refractivity contribution in [2.24, 2.45) is 0 Å². The van der Waals surface area contributed by atoms with Crippen LogP contribution in [0.4, 0.5) is 0 Å². The number of halogens is 1. The fourth-order valence-electron chi connectivity index (χ4n) is 1.39. The smallest absolute Gasteiger partial charge is 0.253 e. The van der Waals surface area contributed by atoms with Gasteiger partial charge in [0.15, 0.2) is 0 Å². The number of alkyl halides is 1. The Morgan fingerprint density at radius 3 is 2.86 bits per heavy atom. The molecule has 1 heterocycles. The molecule has 0 N–H and O–H groups in total. The number of aryl methyl sites for hydroxylation is 2. The molecule has 3 heteroatoms. The van der Waals surface area contributed by atoms with Gasteiger partial charge < -0.3 is 4.57 Å². The standard InChI is InChI=1S/C11H16INO/c1-10-6-5-9-13(11(10)14)8-4-2-3-7-12/h5-6,9H,2-4,7-8H2,1H3. The topological polar surface area (TPSA) is 22.0 Å². The van der Waals surface area contributed by atoms with Crippen LogP contribution in [0, 0.1) is 6.92 Å². The second-order valence-corrected chi connectivity index (χ2v) is 4.52. The molecular formula is C11H16INO. The molecule has 0 bridgehead atoms. The summed E-state index contributed by atoms with van der Waals surface area (Å²) in [6.45, 7) is 2.72. The Balaban J connectivity index is 2.51. The van der Waals surface area contributed by atoms with Gasteiger partial charge in [0.05, 0.1) is 0 Å². The maximum atomic E-state index is 11.6. The normalized spacial score (nSPS) is 10.4. The van der Waals surface area contributed by atoms with E-state index in [0.717, 1.165) is 18.5 Å². The van der Waals surface area contributed by atoms with Crippen LogP contribution in [0.3, 0.4) is 0 Å². The zero-order valence-corrected chi connectivity index (χ0v) is 10.7. The Kier molecular flexibility index (Phi) is 5.22. The maximum absolute atomic E-state index is 11.6. The summed E-state index contributed by atoms with van der Waals surface area (Å²) in [6, 6.07) is 3.80. The number of unbranched alkanes of at least 4 members (excludes halogenated alkanes) is 2. The van der Waals surface area contributed by atoms with Gasteiger partial charge in [-0.05, 0) is 30.3 Å². The predicted octanol–water partition coefficient (Wildman–Crippen LogP) is 2.76. The Bertz CT molecular complexity index is 332. The first-order valence-electron chi connectivity index (χ1n) is 4.97. The van der Waals surface area contributed by atoms with E-state index >= 15 is 0 Å². The van der Waals surface area contributed by atoms with Crippen LogP contribution in [0.25, 0.3) is 0 Å². The van der Waals surface area contributed by atoms with E-state index in [1.54, 1.807) is 0 Å². The van der Waals surface area contributed by atoms with E-state index in [0.29, 0.717) is 0 Å². The molecule has 0 saturated heterocycles. The second-order valence-electron chi connectivity index (χ2n) is 3.44. The van der Waals surface area contributed by atoms with E-state index in [-0.39, 0.29) is 5.56 Å². The summed E-state index contributed by atoms with van der Waals surface area (Å²) in [6.07, 6.45) is 5.44. The van der Waals surface area contributed by atoms with Crippen molar-refractivity contribution in [3.8, 4) is 0 Å². The minimum absolute atomic E-state index is 0.155. The Labute approximate surface area is 98.5 Å². The lowest BCUT2D eigenvalue weighted by molar-refractivity contribution is 0.588. The minimum atomic E-state index is 0.155. The van der Waals surface area contributed by atoms with E-state index in [4.69, 9.17) is 0 Å². The molecule has 78 valence electrons. The van der Waals surface area contributed by atoms with E-state index in [1.807, 2.05) is 29.8 Å². The van der Waals surface area contributed by atoms with Gasteiger partial charge in [0, 0.05) is 18.3 Å². The fraction of sp³-hybridized carbons (Fsp3) is 0.545. The lowest BCUT2D eigenvalue weighted by atomic mass is 10.2. The molecule has 14 heavy (non-hydrogen) atoms. The average Bonchev–Trinajstić information content (AvgIpc) is 2.19. The molecule has 0 fully saturated rings. The van der Waals surface area contributed by atoms with Crippen LogP contribution in [0.2, 0.25) is 0 Å². The van der Waals surface area contributed by atoms with Gasteiger partial charge in [-0.1, -0.05) is 35.1 Å². The Hall–Kier alpha value is -0.320. The lowest BCUT2D eigenvalue weighted by Gasteiger charge is -2.05. The van der Waals surface area contributed by atoms with E-state index in [9.17, 15) is 4.79 Å². The van der Waals surface area contributed by atoms with Crippen molar-refractivity contribution in [2.45, 2.75) is 32.7 Å². The predicted molar refractivity (Wildman–Crippen MR) is 68.2 cm³/mol. The van der Waals surface area contributed by atoms with Gasteiger partial charge in [0.25, 0.3) is 5.56 Å². The van der Waals surface area contributed by atoms with Gasteiger partial charge in [0.1, 0.15) is 0 Å². The van der Waals surface area contributed by atoms with Gasteiger partial charge >= 0.3 is 0 Å². The molecule has 0 atom stereocenters. The summed E-state index contributed by atoms with van der Waals surface area (Å²) < 4.78 is 3.02. The molecule has 0 amide bonds. The number of aromatic nitrogens is 1. The monoisotopic (exact) mass is 305 g/mol.